The van der Waals surface area contributed by atoms with E-state index in [1.807, 2.05) is 32.0 Å². The average molecular weight is 391 g/mol. The molecule has 138 valence electrons. The monoisotopic (exact) mass is 390 g/mol. The van der Waals surface area contributed by atoms with Crippen LogP contribution < -0.4 is 9.62 Å². The van der Waals surface area contributed by atoms with Crippen molar-refractivity contribution in [2.24, 2.45) is 0 Å². The topological polar surface area (TPSA) is 66.5 Å². The number of nitrogens with one attached hydrogen (secondary N) is 1. The minimum atomic E-state index is -3.75. The lowest BCUT2D eigenvalue weighted by Crippen LogP contribution is -2.37. The highest BCUT2D eigenvalue weighted by molar-refractivity contribution is 8.00. The van der Waals surface area contributed by atoms with Crippen molar-refractivity contribution in [1.82, 2.24) is 0 Å². The van der Waals surface area contributed by atoms with Crippen LogP contribution in [0.5, 0.6) is 0 Å². The van der Waals surface area contributed by atoms with Gasteiger partial charge in [-0.2, -0.15) is 0 Å². The van der Waals surface area contributed by atoms with Crippen LogP contribution in [-0.2, 0) is 14.8 Å². The van der Waals surface area contributed by atoms with E-state index in [9.17, 15) is 13.2 Å². The highest BCUT2D eigenvalue weighted by Crippen LogP contribution is 2.40. The van der Waals surface area contributed by atoms with E-state index in [1.54, 1.807) is 34.9 Å². The second-order valence-electron chi connectivity index (χ2n) is 6.61. The molecule has 0 aromatic heterocycles. The Bertz CT molecular complexity index is 971. The third-order valence-electron chi connectivity index (χ3n) is 4.32. The van der Waals surface area contributed by atoms with E-state index >= 15 is 0 Å². The molecule has 0 aliphatic carbocycles. The fourth-order valence-corrected chi connectivity index (χ4v) is 5.17. The zero-order valence-corrected chi connectivity index (χ0v) is 16.9. The summed E-state index contributed by atoms with van der Waals surface area (Å²) in [5, 5.41) is 0.266. The van der Waals surface area contributed by atoms with Gasteiger partial charge in [-0.1, -0.05) is 19.1 Å². The Balaban J connectivity index is 2.00. The Morgan fingerprint density at radius 1 is 1.19 bits per heavy atom. The van der Waals surface area contributed by atoms with Crippen molar-refractivity contribution in [1.29, 1.82) is 0 Å². The molecular formula is C19H22N2O3S2. The Hall–Kier alpha value is -1.99. The number of fused-ring (bicyclic) bond motifs is 1. The van der Waals surface area contributed by atoms with Gasteiger partial charge in [-0.25, -0.2) is 8.42 Å². The molecule has 2 aromatic rings. The molecule has 5 nitrogen and oxygen atoms in total. The van der Waals surface area contributed by atoms with Crippen molar-refractivity contribution >= 4 is 39.1 Å². The quantitative estimate of drug-likeness (QED) is 0.862. The number of amides is 1. The van der Waals surface area contributed by atoms with Crippen LogP contribution in [0.2, 0.25) is 0 Å². The first-order valence-electron chi connectivity index (χ1n) is 8.36. The molecule has 26 heavy (non-hydrogen) atoms. The molecule has 3 rings (SSSR count). The zero-order valence-electron chi connectivity index (χ0n) is 15.2. The Kier molecular flexibility index (Phi) is 5.03. The van der Waals surface area contributed by atoms with Crippen molar-refractivity contribution in [2.45, 2.75) is 42.7 Å². The van der Waals surface area contributed by atoms with Gasteiger partial charge in [-0.15, -0.1) is 11.8 Å². The minimum Gasteiger partial charge on any atom is -0.310 e. The predicted octanol–water partition coefficient (Wildman–Crippen LogP) is 3.95. The van der Waals surface area contributed by atoms with Gasteiger partial charge in [0.05, 0.1) is 16.3 Å². The lowest BCUT2D eigenvalue weighted by Gasteiger charge is -2.32. The van der Waals surface area contributed by atoms with Gasteiger partial charge in [-0.05, 0) is 49.2 Å². The Morgan fingerprint density at radius 2 is 1.92 bits per heavy atom. The smallest absolute Gasteiger partial charge is 0.261 e. The van der Waals surface area contributed by atoms with E-state index in [0.717, 1.165) is 16.0 Å². The number of hydrogen-bond donors (Lipinski definition) is 1. The molecule has 0 saturated carbocycles. The maximum Gasteiger partial charge on any atom is 0.261 e. The van der Waals surface area contributed by atoms with E-state index in [4.69, 9.17) is 0 Å². The standard InChI is InChI=1S/C19H22N2O3S2/c1-12-5-6-13(2)17(9-12)20-26(23,24)16-7-8-19-18(10-16)21(15(4)22)11-14(3)25-19/h5-10,14,20H,11H2,1-4H3/t14-/m0/s1. The van der Waals surface area contributed by atoms with Gasteiger partial charge in [-0.3, -0.25) is 9.52 Å². The van der Waals surface area contributed by atoms with Gasteiger partial charge in [0.1, 0.15) is 0 Å². The summed E-state index contributed by atoms with van der Waals surface area (Å²) in [5.41, 5.74) is 3.05. The molecule has 0 bridgehead atoms. The molecule has 0 unspecified atom stereocenters. The number of anilines is 2. The summed E-state index contributed by atoms with van der Waals surface area (Å²) >= 11 is 1.65. The van der Waals surface area contributed by atoms with Crippen LogP contribution in [0.25, 0.3) is 0 Å². The Morgan fingerprint density at radius 3 is 2.62 bits per heavy atom. The summed E-state index contributed by atoms with van der Waals surface area (Å²) in [7, 11) is -3.75. The number of sulfonamides is 1. The Labute approximate surface area is 158 Å². The highest BCUT2D eigenvalue weighted by Gasteiger charge is 2.27. The molecule has 2 aromatic carbocycles. The van der Waals surface area contributed by atoms with Crippen LogP contribution in [0.3, 0.4) is 0 Å². The molecule has 7 heteroatoms. The molecule has 1 heterocycles. The summed E-state index contributed by atoms with van der Waals surface area (Å²) in [4.78, 5) is 14.7. The lowest BCUT2D eigenvalue weighted by atomic mass is 10.1. The molecule has 0 radical (unpaired) electrons. The van der Waals surface area contributed by atoms with Crippen LogP contribution in [0.4, 0.5) is 11.4 Å². The largest absolute Gasteiger partial charge is 0.310 e. The fraction of sp³-hybridized carbons (Fsp3) is 0.316. The first kappa shape index (κ1) is 18.8. The van der Waals surface area contributed by atoms with E-state index < -0.39 is 10.0 Å². The molecule has 0 saturated heterocycles. The number of hydrogen-bond acceptors (Lipinski definition) is 4. The summed E-state index contributed by atoms with van der Waals surface area (Å²) < 4.78 is 28.4. The third kappa shape index (κ3) is 3.73. The predicted molar refractivity (Wildman–Crippen MR) is 107 cm³/mol. The van der Waals surface area contributed by atoms with Crippen LogP contribution in [0, 0.1) is 13.8 Å². The van der Waals surface area contributed by atoms with Crippen LogP contribution in [-0.4, -0.2) is 26.1 Å². The molecule has 0 fully saturated rings. The molecule has 1 N–H and O–H groups in total. The van der Waals surface area contributed by atoms with E-state index in [1.165, 1.54) is 6.92 Å². The highest BCUT2D eigenvalue weighted by atomic mass is 32.2. The minimum absolute atomic E-state index is 0.0876. The number of benzene rings is 2. The maximum atomic E-state index is 12.9. The van der Waals surface area contributed by atoms with Gasteiger partial charge in [0, 0.05) is 23.6 Å². The number of aryl methyl sites for hydroxylation is 2. The molecular weight excluding hydrogens is 368 g/mol. The van der Waals surface area contributed by atoms with Crippen LogP contribution in [0.1, 0.15) is 25.0 Å². The lowest BCUT2D eigenvalue weighted by molar-refractivity contribution is -0.116. The number of carbonyl (C=O) groups is 1. The van der Waals surface area contributed by atoms with Crippen molar-refractivity contribution in [3.63, 3.8) is 0 Å². The average Bonchev–Trinajstić information content (AvgIpc) is 2.56. The van der Waals surface area contributed by atoms with Crippen LogP contribution >= 0.6 is 11.8 Å². The van der Waals surface area contributed by atoms with Crippen molar-refractivity contribution in [3.05, 3.63) is 47.5 Å². The number of carbonyl (C=O) groups excluding carboxylic acids is 1. The SMILES string of the molecule is CC(=O)N1C[C@H](C)Sc2ccc(S(=O)(=O)Nc3cc(C)ccc3C)cc21. The third-order valence-corrected chi connectivity index (χ3v) is 6.83. The second kappa shape index (κ2) is 6.96. The first-order chi connectivity index (χ1) is 12.2. The van der Waals surface area contributed by atoms with Crippen molar-refractivity contribution < 1.29 is 13.2 Å². The summed E-state index contributed by atoms with van der Waals surface area (Å²) in [6, 6.07) is 10.6. The maximum absolute atomic E-state index is 12.9. The van der Waals surface area contributed by atoms with Crippen LogP contribution in [0.15, 0.2) is 46.2 Å². The molecule has 1 aliphatic rings. The van der Waals surface area contributed by atoms with Gasteiger partial charge in [0.15, 0.2) is 0 Å². The van der Waals surface area contributed by atoms with E-state index in [0.29, 0.717) is 17.9 Å². The van der Waals surface area contributed by atoms with Gasteiger partial charge in [0.25, 0.3) is 10.0 Å². The molecule has 1 amide bonds. The zero-order chi connectivity index (χ0) is 19.1. The van der Waals surface area contributed by atoms with Gasteiger partial charge < -0.3 is 4.90 Å². The number of thioether (sulfide) groups is 1. The molecule has 1 atom stereocenters. The number of nitrogens with zero attached hydrogens (tertiary/aromatic N) is 1. The first-order valence-corrected chi connectivity index (χ1v) is 10.7. The summed E-state index contributed by atoms with van der Waals surface area (Å²) in [5.74, 6) is -0.0876. The molecule has 1 aliphatic heterocycles. The summed E-state index contributed by atoms with van der Waals surface area (Å²) in [6.45, 7) is 7.90. The van der Waals surface area contributed by atoms with Crippen molar-refractivity contribution in [3.8, 4) is 0 Å². The van der Waals surface area contributed by atoms with E-state index in [2.05, 4.69) is 11.6 Å². The molecule has 0 spiro atoms. The fourth-order valence-electron chi connectivity index (χ4n) is 2.93. The van der Waals surface area contributed by atoms with E-state index in [-0.39, 0.29) is 16.1 Å². The normalized spacial score (nSPS) is 16.9. The van der Waals surface area contributed by atoms with Gasteiger partial charge >= 0.3 is 0 Å². The summed E-state index contributed by atoms with van der Waals surface area (Å²) in [6.07, 6.45) is 0. The second-order valence-corrected chi connectivity index (χ2v) is 9.77. The van der Waals surface area contributed by atoms with Crippen molar-refractivity contribution in [2.75, 3.05) is 16.2 Å². The number of rotatable bonds is 3. The van der Waals surface area contributed by atoms with Gasteiger partial charge in [0.2, 0.25) is 5.91 Å².